The van der Waals surface area contributed by atoms with Gasteiger partial charge < -0.3 is 30.9 Å². The molecule has 3 amide bonds. The van der Waals surface area contributed by atoms with Gasteiger partial charge >= 0.3 is 5.97 Å². The number of aromatic hydroxyl groups is 1. The Morgan fingerprint density at radius 2 is 1.58 bits per heavy atom. The Balaban J connectivity index is 1.48. The maximum Gasteiger partial charge on any atom is 0.339 e. The molecular formula is C34H31N3O7S. The third-order valence-corrected chi connectivity index (χ3v) is 7.39. The van der Waals surface area contributed by atoms with Crippen molar-refractivity contribution >= 4 is 52.9 Å². The Morgan fingerprint density at radius 1 is 0.867 bits per heavy atom. The smallest absolute Gasteiger partial charge is 0.339 e. The topological polar surface area (TPSA) is 154 Å². The standard InChI is InChI=1S/C34H31N3O7S/c1-3-44-26-15-12-22(13-16-26)18-29(37-32(40)23-8-5-4-6-9-23)33(41)36-24-10-7-11-27(19-24)45-21(2)31(39)35-25-14-17-30(38)28(20-25)34(42)43/h4-21,38H,3H2,1-2H3,(H,35,39)(H,36,41)(H,37,40)(H,42,43)/b29-18+. The van der Waals surface area contributed by atoms with Crippen molar-refractivity contribution in [2.24, 2.45) is 0 Å². The Labute approximate surface area is 264 Å². The number of carboxylic acid groups (broad SMARTS) is 1. The monoisotopic (exact) mass is 625 g/mol. The molecule has 4 rings (SSSR count). The van der Waals surface area contributed by atoms with E-state index in [-0.39, 0.29) is 22.9 Å². The zero-order chi connectivity index (χ0) is 32.3. The lowest BCUT2D eigenvalue weighted by Crippen LogP contribution is -2.30. The van der Waals surface area contributed by atoms with Gasteiger partial charge in [0.2, 0.25) is 5.91 Å². The quantitative estimate of drug-likeness (QED) is 0.0728. The summed E-state index contributed by atoms with van der Waals surface area (Å²) in [5, 5.41) is 26.5. The Hall–Kier alpha value is -5.55. The van der Waals surface area contributed by atoms with Crippen LogP contribution in [0.1, 0.15) is 40.1 Å². The lowest BCUT2D eigenvalue weighted by atomic mass is 10.1. The van der Waals surface area contributed by atoms with E-state index in [0.717, 1.165) is 0 Å². The maximum absolute atomic E-state index is 13.4. The fraction of sp³-hybridized carbons (Fsp3) is 0.118. The number of benzene rings is 4. The number of aromatic carboxylic acids is 1. The normalized spacial score (nSPS) is 11.6. The number of carbonyl (C=O) groups excluding carboxylic acids is 3. The third kappa shape index (κ3) is 9.22. The molecule has 10 nitrogen and oxygen atoms in total. The Bertz CT molecular complexity index is 1720. The van der Waals surface area contributed by atoms with E-state index in [0.29, 0.717) is 34.1 Å². The lowest BCUT2D eigenvalue weighted by Gasteiger charge is -2.14. The molecule has 230 valence electrons. The van der Waals surface area contributed by atoms with Crippen molar-refractivity contribution in [1.82, 2.24) is 5.32 Å². The number of nitrogens with one attached hydrogen (secondary N) is 3. The second-order valence-corrected chi connectivity index (χ2v) is 11.1. The van der Waals surface area contributed by atoms with Crippen LogP contribution in [0.15, 0.2) is 108 Å². The van der Waals surface area contributed by atoms with Gasteiger partial charge in [-0.05, 0) is 86.2 Å². The molecule has 0 radical (unpaired) electrons. The minimum Gasteiger partial charge on any atom is -0.507 e. The highest BCUT2D eigenvalue weighted by molar-refractivity contribution is 8.00. The predicted octanol–water partition coefficient (Wildman–Crippen LogP) is 6.02. The minimum absolute atomic E-state index is 0.0217. The molecule has 1 unspecified atom stereocenters. The van der Waals surface area contributed by atoms with Crippen LogP contribution in [0.2, 0.25) is 0 Å². The SMILES string of the molecule is CCOc1ccc(/C=C(/NC(=O)c2ccccc2)C(=O)Nc2cccc(SC(C)C(=O)Nc3ccc(O)c(C(=O)O)c3)c2)cc1. The first-order valence-corrected chi connectivity index (χ1v) is 14.8. The van der Waals surface area contributed by atoms with Crippen molar-refractivity contribution in [3.05, 3.63) is 119 Å². The highest BCUT2D eigenvalue weighted by atomic mass is 32.2. The number of carboxylic acids is 1. The second-order valence-electron chi connectivity index (χ2n) is 9.65. The minimum atomic E-state index is -1.32. The Morgan fingerprint density at radius 3 is 2.27 bits per heavy atom. The van der Waals surface area contributed by atoms with Gasteiger partial charge in [-0.3, -0.25) is 14.4 Å². The second kappa shape index (κ2) is 15.3. The molecule has 4 aromatic rings. The molecule has 0 bridgehead atoms. The van der Waals surface area contributed by atoms with Gasteiger partial charge in [0, 0.05) is 21.8 Å². The van der Waals surface area contributed by atoms with Gasteiger partial charge in [-0.1, -0.05) is 36.4 Å². The number of anilines is 2. The van der Waals surface area contributed by atoms with Crippen LogP contribution in [0.3, 0.4) is 0 Å². The number of amides is 3. The summed E-state index contributed by atoms with van der Waals surface area (Å²) in [6.07, 6.45) is 1.57. The molecule has 0 aliphatic rings. The van der Waals surface area contributed by atoms with Gasteiger partial charge in [0.05, 0.1) is 11.9 Å². The summed E-state index contributed by atoms with van der Waals surface area (Å²) in [5.41, 5.74) is 1.42. The lowest BCUT2D eigenvalue weighted by molar-refractivity contribution is -0.115. The van der Waals surface area contributed by atoms with E-state index in [2.05, 4.69) is 16.0 Å². The molecule has 0 saturated carbocycles. The molecule has 0 spiro atoms. The average molecular weight is 626 g/mol. The number of hydrogen-bond donors (Lipinski definition) is 5. The van der Waals surface area contributed by atoms with Crippen LogP contribution in [0.5, 0.6) is 11.5 Å². The summed E-state index contributed by atoms with van der Waals surface area (Å²) in [4.78, 5) is 51.2. The molecule has 0 aliphatic carbocycles. The molecule has 0 heterocycles. The van der Waals surface area contributed by atoms with Crippen molar-refractivity contribution in [3.8, 4) is 11.5 Å². The molecule has 45 heavy (non-hydrogen) atoms. The van der Waals surface area contributed by atoms with Crippen molar-refractivity contribution in [1.29, 1.82) is 0 Å². The summed E-state index contributed by atoms with van der Waals surface area (Å²) in [6, 6.07) is 26.3. The van der Waals surface area contributed by atoms with Crippen molar-refractivity contribution in [2.45, 2.75) is 24.0 Å². The maximum atomic E-state index is 13.4. The van der Waals surface area contributed by atoms with E-state index < -0.39 is 28.8 Å². The third-order valence-electron chi connectivity index (χ3n) is 6.30. The molecule has 5 N–H and O–H groups in total. The van der Waals surface area contributed by atoms with E-state index in [1.165, 1.54) is 30.0 Å². The summed E-state index contributed by atoms with van der Waals surface area (Å²) in [7, 11) is 0. The summed E-state index contributed by atoms with van der Waals surface area (Å²) in [6.45, 7) is 4.08. The van der Waals surface area contributed by atoms with E-state index >= 15 is 0 Å². The largest absolute Gasteiger partial charge is 0.507 e. The van der Waals surface area contributed by atoms with Gasteiger partial charge in [-0.2, -0.15) is 0 Å². The summed E-state index contributed by atoms with van der Waals surface area (Å²) in [5.74, 6) is -2.43. The molecule has 1 atom stereocenters. The highest BCUT2D eigenvalue weighted by Gasteiger charge is 2.18. The molecule has 11 heteroatoms. The van der Waals surface area contributed by atoms with Gasteiger partial charge in [0.15, 0.2) is 0 Å². The van der Waals surface area contributed by atoms with Gasteiger partial charge in [-0.15, -0.1) is 11.8 Å². The first-order valence-electron chi connectivity index (χ1n) is 13.9. The van der Waals surface area contributed by atoms with Crippen LogP contribution in [-0.2, 0) is 9.59 Å². The number of ether oxygens (including phenoxy) is 1. The molecule has 0 fully saturated rings. The number of rotatable bonds is 12. The van der Waals surface area contributed by atoms with Crippen LogP contribution in [0, 0.1) is 0 Å². The molecular weight excluding hydrogens is 594 g/mol. The predicted molar refractivity (Wildman–Crippen MR) is 174 cm³/mol. The zero-order valence-electron chi connectivity index (χ0n) is 24.4. The van der Waals surface area contributed by atoms with Crippen molar-refractivity contribution in [2.75, 3.05) is 17.2 Å². The van der Waals surface area contributed by atoms with Gasteiger partial charge in [0.1, 0.15) is 22.8 Å². The van der Waals surface area contributed by atoms with Crippen molar-refractivity contribution in [3.63, 3.8) is 0 Å². The number of thioether (sulfide) groups is 1. The van der Waals surface area contributed by atoms with Crippen LogP contribution in [0.25, 0.3) is 6.08 Å². The van der Waals surface area contributed by atoms with E-state index in [1.807, 2.05) is 6.92 Å². The molecule has 0 aromatic heterocycles. The van der Waals surface area contributed by atoms with Crippen molar-refractivity contribution < 1.29 is 34.1 Å². The Kier molecular flexibility index (Phi) is 11.0. The molecule has 4 aromatic carbocycles. The van der Waals surface area contributed by atoms with Crippen LogP contribution in [-0.4, -0.2) is 45.8 Å². The number of hydrogen-bond acceptors (Lipinski definition) is 7. The van der Waals surface area contributed by atoms with Crippen LogP contribution in [0.4, 0.5) is 11.4 Å². The fourth-order valence-electron chi connectivity index (χ4n) is 4.07. The van der Waals surface area contributed by atoms with E-state index in [4.69, 9.17) is 4.74 Å². The van der Waals surface area contributed by atoms with E-state index in [1.54, 1.807) is 91.9 Å². The highest BCUT2D eigenvalue weighted by Crippen LogP contribution is 2.28. The fourth-order valence-corrected chi connectivity index (χ4v) is 4.99. The van der Waals surface area contributed by atoms with Gasteiger partial charge in [0.25, 0.3) is 11.8 Å². The van der Waals surface area contributed by atoms with E-state index in [9.17, 15) is 29.4 Å². The van der Waals surface area contributed by atoms with Crippen LogP contribution < -0.4 is 20.7 Å². The molecule has 0 aliphatic heterocycles. The zero-order valence-corrected chi connectivity index (χ0v) is 25.3. The summed E-state index contributed by atoms with van der Waals surface area (Å²) < 4.78 is 5.49. The van der Waals surface area contributed by atoms with Crippen LogP contribution >= 0.6 is 11.8 Å². The number of phenols is 1. The average Bonchev–Trinajstić information content (AvgIpc) is 3.03. The summed E-state index contributed by atoms with van der Waals surface area (Å²) >= 11 is 1.22. The number of carbonyl (C=O) groups is 4. The van der Waals surface area contributed by atoms with Gasteiger partial charge in [-0.25, -0.2) is 4.79 Å². The molecule has 0 saturated heterocycles. The first kappa shape index (κ1) is 32.4. The first-order chi connectivity index (χ1) is 21.6.